The Hall–Kier alpha value is -1.59. The molecule has 1 unspecified atom stereocenters. The summed E-state index contributed by atoms with van der Waals surface area (Å²) in [7, 11) is 3.76. The molecule has 0 radical (unpaired) electrons. The molecule has 0 aromatic carbocycles. The van der Waals surface area contributed by atoms with Crippen LogP contribution in [0.5, 0.6) is 0 Å². The first kappa shape index (κ1) is 15.5. The van der Waals surface area contributed by atoms with Gasteiger partial charge in [-0.05, 0) is 13.3 Å². The molecular weight excluding hydrogens is 240 g/mol. The van der Waals surface area contributed by atoms with Crippen LogP contribution in [0.15, 0.2) is 0 Å². The molecule has 6 nitrogen and oxygen atoms in total. The number of unbranched alkanes of at least 4 members (excludes halogenated alkanes) is 3. The molecule has 0 aliphatic heterocycles. The summed E-state index contributed by atoms with van der Waals surface area (Å²) in [6.07, 6.45) is 6.19. The number of nitrogen functional groups attached to an aromatic ring is 1. The molecule has 1 rings (SSSR count). The van der Waals surface area contributed by atoms with Crippen molar-refractivity contribution in [3.8, 4) is 0 Å². The van der Waals surface area contributed by atoms with Gasteiger partial charge in [-0.15, -0.1) is 0 Å². The molecule has 1 heterocycles. The summed E-state index contributed by atoms with van der Waals surface area (Å²) in [5.41, 5.74) is 5.68. The van der Waals surface area contributed by atoms with Gasteiger partial charge in [-0.3, -0.25) is 0 Å². The van der Waals surface area contributed by atoms with Crippen LogP contribution in [0.3, 0.4) is 0 Å². The Morgan fingerprint density at radius 3 is 2.53 bits per heavy atom. The number of aromatic nitrogens is 3. The van der Waals surface area contributed by atoms with E-state index in [0.29, 0.717) is 17.9 Å². The molecule has 0 aliphatic rings. The van der Waals surface area contributed by atoms with Gasteiger partial charge in [-0.2, -0.15) is 15.0 Å². The van der Waals surface area contributed by atoms with E-state index in [2.05, 4.69) is 34.1 Å². The van der Waals surface area contributed by atoms with Gasteiger partial charge in [-0.1, -0.05) is 32.6 Å². The first-order valence-corrected chi connectivity index (χ1v) is 6.98. The van der Waals surface area contributed by atoms with Crippen molar-refractivity contribution in [3.05, 3.63) is 0 Å². The Labute approximate surface area is 115 Å². The Bertz CT molecular complexity index is 379. The third-order valence-electron chi connectivity index (χ3n) is 2.91. The normalized spacial score (nSPS) is 12.2. The van der Waals surface area contributed by atoms with Crippen molar-refractivity contribution >= 4 is 17.8 Å². The summed E-state index contributed by atoms with van der Waals surface area (Å²) in [5.74, 6) is 1.38. The molecule has 0 saturated heterocycles. The first-order valence-electron chi connectivity index (χ1n) is 6.98. The average molecular weight is 266 g/mol. The lowest BCUT2D eigenvalue weighted by Gasteiger charge is -2.16. The largest absolute Gasteiger partial charge is 0.368 e. The van der Waals surface area contributed by atoms with Gasteiger partial charge in [0.1, 0.15) is 0 Å². The molecule has 1 aromatic heterocycles. The topological polar surface area (TPSA) is 80.0 Å². The molecule has 1 aromatic rings. The second-order valence-electron chi connectivity index (χ2n) is 5.11. The quantitative estimate of drug-likeness (QED) is 0.703. The summed E-state index contributed by atoms with van der Waals surface area (Å²) < 4.78 is 0. The van der Waals surface area contributed by atoms with E-state index in [4.69, 9.17) is 5.73 Å². The third kappa shape index (κ3) is 5.72. The fraction of sp³-hybridized carbons (Fsp3) is 0.769. The van der Waals surface area contributed by atoms with Crippen LogP contribution >= 0.6 is 0 Å². The summed E-state index contributed by atoms with van der Waals surface area (Å²) in [6.45, 7) is 4.36. The van der Waals surface area contributed by atoms with Gasteiger partial charge < -0.3 is 16.0 Å². The molecule has 0 bridgehead atoms. The van der Waals surface area contributed by atoms with Crippen molar-refractivity contribution in [1.82, 2.24) is 15.0 Å². The van der Waals surface area contributed by atoms with E-state index in [1.54, 1.807) is 0 Å². The van der Waals surface area contributed by atoms with Crippen LogP contribution in [-0.4, -0.2) is 35.1 Å². The second-order valence-corrected chi connectivity index (χ2v) is 5.11. The number of anilines is 3. The molecule has 1 atom stereocenters. The number of hydrogen-bond acceptors (Lipinski definition) is 6. The van der Waals surface area contributed by atoms with Gasteiger partial charge in [-0.25, -0.2) is 0 Å². The van der Waals surface area contributed by atoms with Crippen LogP contribution in [0.4, 0.5) is 17.8 Å². The van der Waals surface area contributed by atoms with Crippen LogP contribution in [0.1, 0.15) is 46.0 Å². The third-order valence-corrected chi connectivity index (χ3v) is 2.91. The standard InChI is InChI=1S/C13H26N6/c1-5-6-7-8-9-10(2)15-12-16-11(14)17-13(18-12)19(3)4/h10H,5-9H2,1-4H3,(H3,14,15,16,17,18). The minimum absolute atomic E-state index is 0.249. The van der Waals surface area contributed by atoms with Gasteiger partial charge in [0.05, 0.1) is 0 Å². The maximum absolute atomic E-state index is 5.68. The summed E-state index contributed by atoms with van der Waals surface area (Å²) in [6, 6.07) is 0.341. The van der Waals surface area contributed by atoms with Gasteiger partial charge >= 0.3 is 0 Å². The van der Waals surface area contributed by atoms with Gasteiger partial charge in [0, 0.05) is 20.1 Å². The number of hydrogen-bond donors (Lipinski definition) is 2. The predicted octanol–water partition coefficient (Wildman–Crippen LogP) is 2.29. The SMILES string of the molecule is CCCCCCC(C)Nc1nc(N)nc(N(C)C)n1. The minimum atomic E-state index is 0.249. The van der Waals surface area contributed by atoms with E-state index >= 15 is 0 Å². The fourth-order valence-electron chi connectivity index (χ4n) is 1.82. The van der Waals surface area contributed by atoms with Crippen LogP contribution in [0.25, 0.3) is 0 Å². The molecule has 0 spiro atoms. The molecule has 0 fully saturated rings. The molecule has 0 amide bonds. The minimum Gasteiger partial charge on any atom is -0.368 e. The molecule has 19 heavy (non-hydrogen) atoms. The average Bonchev–Trinajstić information content (AvgIpc) is 2.34. The van der Waals surface area contributed by atoms with Crippen molar-refractivity contribution in [2.45, 2.75) is 52.0 Å². The summed E-state index contributed by atoms with van der Waals surface area (Å²) in [5, 5.41) is 3.29. The summed E-state index contributed by atoms with van der Waals surface area (Å²) in [4.78, 5) is 14.3. The zero-order chi connectivity index (χ0) is 14.3. The molecule has 0 aliphatic carbocycles. The zero-order valence-electron chi connectivity index (χ0n) is 12.5. The van der Waals surface area contributed by atoms with E-state index in [1.807, 2.05) is 19.0 Å². The number of nitrogens with one attached hydrogen (secondary N) is 1. The van der Waals surface area contributed by atoms with Gasteiger partial charge in [0.25, 0.3) is 0 Å². The molecule has 0 saturated carbocycles. The molecule has 3 N–H and O–H groups in total. The number of rotatable bonds is 8. The lowest BCUT2D eigenvalue weighted by molar-refractivity contribution is 0.591. The Morgan fingerprint density at radius 1 is 1.16 bits per heavy atom. The summed E-state index contributed by atoms with van der Waals surface area (Å²) >= 11 is 0. The number of nitrogens with two attached hydrogens (primary N) is 1. The molecule has 6 heteroatoms. The lowest BCUT2D eigenvalue weighted by Crippen LogP contribution is -2.20. The highest BCUT2D eigenvalue weighted by Gasteiger charge is 2.08. The molecular formula is C13H26N6. The predicted molar refractivity (Wildman–Crippen MR) is 80.4 cm³/mol. The maximum Gasteiger partial charge on any atom is 0.231 e. The van der Waals surface area contributed by atoms with Crippen LogP contribution in [-0.2, 0) is 0 Å². The zero-order valence-corrected chi connectivity index (χ0v) is 12.5. The Morgan fingerprint density at radius 2 is 1.89 bits per heavy atom. The molecule has 108 valence electrons. The van der Waals surface area contributed by atoms with E-state index in [1.165, 1.54) is 25.7 Å². The van der Waals surface area contributed by atoms with Crippen LogP contribution < -0.4 is 16.0 Å². The van der Waals surface area contributed by atoms with Gasteiger partial charge in [0.15, 0.2) is 0 Å². The highest BCUT2D eigenvalue weighted by molar-refractivity contribution is 5.41. The van der Waals surface area contributed by atoms with E-state index in [9.17, 15) is 0 Å². The van der Waals surface area contributed by atoms with Crippen molar-refractivity contribution in [1.29, 1.82) is 0 Å². The Kier molecular flexibility index (Phi) is 6.32. The van der Waals surface area contributed by atoms with E-state index < -0.39 is 0 Å². The van der Waals surface area contributed by atoms with Crippen molar-refractivity contribution in [2.24, 2.45) is 0 Å². The lowest BCUT2D eigenvalue weighted by atomic mass is 10.1. The van der Waals surface area contributed by atoms with E-state index in [0.717, 1.165) is 6.42 Å². The van der Waals surface area contributed by atoms with Crippen molar-refractivity contribution in [3.63, 3.8) is 0 Å². The van der Waals surface area contributed by atoms with Crippen LogP contribution in [0.2, 0.25) is 0 Å². The van der Waals surface area contributed by atoms with Crippen molar-refractivity contribution in [2.75, 3.05) is 30.0 Å². The number of nitrogens with zero attached hydrogens (tertiary/aromatic N) is 4. The van der Waals surface area contributed by atoms with Crippen LogP contribution in [0, 0.1) is 0 Å². The second kappa shape index (κ2) is 7.76. The highest BCUT2D eigenvalue weighted by atomic mass is 15.3. The maximum atomic E-state index is 5.68. The monoisotopic (exact) mass is 266 g/mol. The van der Waals surface area contributed by atoms with Crippen molar-refractivity contribution < 1.29 is 0 Å². The first-order chi connectivity index (χ1) is 9.02. The fourth-order valence-corrected chi connectivity index (χ4v) is 1.82. The highest BCUT2D eigenvalue weighted by Crippen LogP contribution is 2.12. The van der Waals surface area contributed by atoms with E-state index in [-0.39, 0.29) is 5.95 Å². The van der Waals surface area contributed by atoms with Gasteiger partial charge in [0.2, 0.25) is 17.8 Å². The smallest absolute Gasteiger partial charge is 0.231 e. The Balaban J connectivity index is 2.51.